The Morgan fingerprint density at radius 2 is 1.77 bits per heavy atom. The van der Waals surface area contributed by atoms with Gasteiger partial charge in [-0.15, -0.1) is 0 Å². The topological polar surface area (TPSA) is 49.4 Å². The van der Waals surface area contributed by atoms with Gasteiger partial charge >= 0.3 is 0 Å². The van der Waals surface area contributed by atoms with Crippen molar-refractivity contribution < 1.29 is 8.42 Å². The lowest BCUT2D eigenvalue weighted by Crippen LogP contribution is -2.39. The average Bonchev–Trinajstić information content (AvgIpc) is 2.68. The van der Waals surface area contributed by atoms with Crippen LogP contribution in [0.15, 0.2) is 54.6 Å². The number of benzene rings is 2. The van der Waals surface area contributed by atoms with Crippen LogP contribution in [0.4, 0.5) is 11.4 Å². The Kier molecular flexibility index (Phi) is 6.20. The van der Waals surface area contributed by atoms with Crippen LogP contribution in [-0.4, -0.2) is 26.8 Å². The first-order valence-corrected chi connectivity index (χ1v) is 11.1. The smallest absolute Gasteiger partial charge is 0.233 e. The molecule has 2 aromatic carbocycles. The number of sulfonamides is 1. The van der Waals surface area contributed by atoms with Crippen LogP contribution in [0.2, 0.25) is 0 Å². The average molecular weight is 373 g/mol. The van der Waals surface area contributed by atoms with Gasteiger partial charge in [0.1, 0.15) is 0 Å². The summed E-state index contributed by atoms with van der Waals surface area (Å²) in [5.74, 6) is 0.0861. The predicted octanol–water partition coefficient (Wildman–Crippen LogP) is 4.44. The molecule has 3 rings (SSSR count). The summed E-state index contributed by atoms with van der Waals surface area (Å²) in [5.41, 5.74) is 2.85. The highest BCUT2D eigenvalue weighted by Crippen LogP contribution is 2.27. The maximum Gasteiger partial charge on any atom is 0.233 e. The molecule has 2 aromatic rings. The van der Waals surface area contributed by atoms with Crippen molar-refractivity contribution in [2.24, 2.45) is 0 Å². The van der Waals surface area contributed by atoms with Gasteiger partial charge in [-0.25, -0.2) is 8.42 Å². The van der Waals surface area contributed by atoms with E-state index in [0.717, 1.165) is 18.5 Å². The summed E-state index contributed by atoms with van der Waals surface area (Å²) in [5, 5.41) is 0. The van der Waals surface area contributed by atoms with E-state index in [1.165, 1.54) is 24.9 Å². The molecule has 0 saturated carbocycles. The van der Waals surface area contributed by atoms with Gasteiger partial charge < -0.3 is 4.90 Å². The Morgan fingerprint density at radius 3 is 2.46 bits per heavy atom. The van der Waals surface area contributed by atoms with Gasteiger partial charge in [-0.05, 0) is 61.9 Å². The van der Waals surface area contributed by atoms with Gasteiger partial charge in [0, 0.05) is 24.0 Å². The summed E-state index contributed by atoms with van der Waals surface area (Å²) in [6, 6.07) is 18.1. The highest BCUT2D eigenvalue weighted by Gasteiger charge is 2.21. The lowest BCUT2D eigenvalue weighted by Gasteiger charge is -2.37. The van der Waals surface area contributed by atoms with Gasteiger partial charge in [-0.3, -0.25) is 4.72 Å². The molecule has 1 saturated heterocycles. The second-order valence-electron chi connectivity index (χ2n) is 6.95. The Hall–Kier alpha value is -2.01. The zero-order chi connectivity index (χ0) is 18.4. The molecule has 0 bridgehead atoms. The van der Waals surface area contributed by atoms with E-state index in [1.807, 2.05) is 54.6 Å². The van der Waals surface area contributed by atoms with E-state index >= 15 is 0 Å². The van der Waals surface area contributed by atoms with Crippen LogP contribution < -0.4 is 9.62 Å². The minimum Gasteiger partial charge on any atom is -0.369 e. The van der Waals surface area contributed by atoms with E-state index in [2.05, 4.69) is 16.5 Å². The van der Waals surface area contributed by atoms with Crippen LogP contribution in [0.1, 0.15) is 38.2 Å². The second kappa shape index (κ2) is 8.58. The highest BCUT2D eigenvalue weighted by molar-refractivity contribution is 7.92. The van der Waals surface area contributed by atoms with E-state index in [-0.39, 0.29) is 5.75 Å². The Balaban J connectivity index is 1.61. The lowest BCUT2D eigenvalue weighted by atomic mass is 9.99. The molecule has 0 aliphatic carbocycles. The van der Waals surface area contributed by atoms with Crippen molar-refractivity contribution in [3.05, 3.63) is 60.2 Å². The van der Waals surface area contributed by atoms with E-state index in [0.29, 0.717) is 18.2 Å². The summed E-state index contributed by atoms with van der Waals surface area (Å²) in [4.78, 5) is 2.46. The van der Waals surface area contributed by atoms with Crippen molar-refractivity contribution in [3.63, 3.8) is 0 Å². The number of anilines is 2. The highest BCUT2D eigenvalue weighted by atomic mass is 32.2. The number of piperidine rings is 1. The first-order chi connectivity index (χ1) is 12.6. The number of hydrogen-bond acceptors (Lipinski definition) is 3. The third kappa shape index (κ3) is 5.01. The van der Waals surface area contributed by atoms with Crippen molar-refractivity contribution in [2.45, 2.75) is 45.1 Å². The van der Waals surface area contributed by atoms with Crippen LogP contribution >= 0.6 is 0 Å². The van der Waals surface area contributed by atoms with Crippen molar-refractivity contribution in [2.75, 3.05) is 21.9 Å². The second-order valence-corrected chi connectivity index (χ2v) is 8.80. The van der Waals surface area contributed by atoms with E-state index in [4.69, 9.17) is 0 Å². The summed E-state index contributed by atoms with van der Waals surface area (Å²) >= 11 is 0. The zero-order valence-electron chi connectivity index (χ0n) is 15.4. The Bertz CT molecular complexity index is 789. The monoisotopic (exact) mass is 372 g/mol. The summed E-state index contributed by atoms with van der Waals surface area (Å²) in [6.45, 7) is 3.32. The molecule has 1 fully saturated rings. The van der Waals surface area contributed by atoms with Gasteiger partial charge in [-0.2, -0.15) is 0 Å². The van der Waals surface area contributed by atoms with Crippen molar-refractivity contribution in [1.29, 1.82) is 0 Å². The zero-order valence-corrected chi connectivity index (χ0v) is 16.2. The van der Waals surface area contributed by atoms with Crippen LogP contribution in [0.5, 0.6) is 0 Å². The van der Waals surface area contributed by atoms with E-state index < -0.39 is 10.0 Å². The number of nitrogens with zero attached hydrogens (tertiary/aromatic N) is 1. The fraction of sp³-hybridized carbons (Fsp3) is 0.429. The molecule has 1 N–H and O–H groups in total. The van der Waals surface area contributed by atoms with Gasteiger partial charge in [0.25, 0.3) is 0 Å². The quantitative estimate of drug-likeness (QED) is 0.782. The van der Waals surface area contributed by atoms with Gasteiger partial charge in [0.05, 0.1) is 5.75 Å². The lowest BCUT2D eigenvalue weighted by molar-refractivity contribution is 0.450. The molecule has 1 heterocycles. The fourth-order valence-corrected chi connectivity index (χ4v) is 4.72. The summed E-state index contributed by atoms with van der Waals surface area (Å²) in [7, 11) is -3.35. The van der Waals surface area contributed by atoms with Crippen molar-refractivity contribution >= 4 is 21.4 Å². The maximum absolute atomic E-state index is 12.3. The molecule has 1 atom stereocenters. The molecule has 140 valence electrons. The predicted molar refractivity (Wildman–Crippen MR) is 109 cm³/mol. The third-order valence-electron chi connectivity index (χ3n) is 5.07. The molecular weight excluding hydrogens is 344 g/mol. The molecule has 4 nitrogen and oxygen atoms in total. The molecule has 5 heteroatoms. The molecule has 0 aromatic heterocycles. The summed E-state index contributed by atoms with van der Waals surface area (Å²) in [6.07, 6.45) is 5.43. The molecule has 0 radical (unpaired) electrons. The van der Waals surface area contributed by atoms with Gasteiger partial charge in [0.2, 0.25) is 10.0 Å². The maximum atomic E-state index is 12.3. The Morgan fingerprint density at radius 1 is 1.04 bits per heavy atom. The van der Waals surface area contributed by atoms with Crippen LogP contribution in [-0.2, 0) is 16.4 Å². The van der Waals surface area contributed by atoms with Crippen LogP contribution in [0.3, 0.4) is 0 Å². The number of aryl methyl sites for hydroxylation is 1. The SMILES string of the molecule is CCC1CCCCN1c1ccc(NS(=O)(=O)CCc2ccccc2)cc1. The Labute approximate surface area is 157 Å². The van der Waals surface area contributed by atoms with E-state index in [9.17, 15) is 8.42 Å². The standard InChI is InChI=1S/C21H28N2O2S/c1-2-20-10-6-7-16-23(20)21-13-11-19(12-14-21)22-26(24,25)17-15-18-8-4-3-5-9-18/h3-5,8-9,11-14,20,22H,2,6-7,10,15-17H2,1H3. The van der Waals surface area contributed by atoms with Crippen molar-refractivity contribution in [1.82, 2.24) is 0 Å². The number of rotatable bonds is 7. The fourth-order valence-electron chi connectivity index (χ4n) is 3.61. The van der Waals surface area contributed by atoms with E-state index in [1.54, 1.807) is 0 Å². The molecule has 1 aliphatic rings. The molecule has 1 unspecified atom stereocenters. The molecule has 1 aliphatic heterocycles. The number of nitrogens with one attached hydrogen (secondary N) is 1. The summed E-state index contributed by atoms with van der Waals surface area (Å²) < 4.78 is 27.4. The van der Waals surface area contributed by atoms with Crippen LogP contribution in [0.25, 0.3) is 0 Å². The van der Waals surface area contributed by atoms with Crippen molar-refractivity contribution in [3.8, 4) is 0 Å². The first-order valence-electron chi connectivity index (χ1n) is 9.48. The minimum atomic E-state index is -3.35. The third-order valence-corrected chi connectivity index (χ3v) is 6.36. The number of hydrogen-bond donors (Lipinski definition) is 1. The van der Waals surface area contributed by atoms with Gasteiger partial charge in [0.15, 0.2) is 0 Å². The largest absolute Gasteiger partial charge is 0.369 e. The molecular formula is C21H28N2O2S. The normalized spacial score (nSPS) is 17.9. The van der Waals surface area contributed by atoms with Gasteiger partial charge in [-0.1, -0.05) is 37.3 Å². The molecule has 0 spiro atoms. The molecule has 0 amide bonds. The molecule has 26 heavy (non-hydrogen) atoms. The van der Waals surface area contributed by atoms with Crippen LogP contribution in [0, 0.1) is 0 Å². The minimum absolute atomic E-state index is 0.0861. The first kappa shape index (κ1) is 18.8.